The summed E-state index contributed by atoms with van der Waals surface area (Å²) in [5, 5.41) is 11.3. The number of ether oxygens (including phenoxy) is 1. The standard InChI is InChI=1S/C27H31N5O4/c1-19(2)13-14-28-27(34)26(24-12-7-15-36-24)31(17-20-8-6-9-21(16-20)35-3)25(33)18-32-23-11-5-4-10-22(23)29-30-32/h4-12,15-16,19,26H,13-14,17-18H2,1-3H3,(H,28,34)/t26-/m1/s1. The Hall–Kier alpha value is -4.14. The molecule has 4 aromatic rings. The predicted octanol–water partition coefficient (Wildman–Crippen LogP) is 3.97. The summed E-state index contributed by atoms with van der Waals surface area (Å²) in [4.78, 5) is 28.8. The van der Waals surface area contributed by atoms with Gasteiger partial charge in [0.25, 0.3) is 5.91 Å². The molecule has 0 radical (unpaired) electrons. The molecule has 2 amide bonds. The van der Waals surface area contributed by atoms with Crippen molar-refractivity contribution in [3.8, 4) is 5.75 Å². The van der Waals surface area contributed by atoms with E-state index in [-0.39, 0.29) is 24.9 Å². The zero-order valence-electron chi connectivity index (χ0n) is 20.8. The molecule has 2 heterocycles. The first-order valence-electron chi connectivity index (χ1n) is 12.0. The van der Waals surface area contributed by atoms with Gasteiger partial charge in [0.2, 0.25) is 5.91 Å². The van der Waals surface area contributed by atoms with Gasteiger partial charge < -0.3 is 19.4 Å². The Kier molecular flexibility index (Phi) is 7.99. The van der Waals surface area contributed by atoms with Gasteiger partial charge in [-0.1, -0.05) is 43.3 Å². The number of furan rings is 1. The minimum Gasteiger partial charge on any atom is -0.497 e. The summed E-state index contributed by atoms with van der Waals surface area (Å²) in [5.74, 6) is 0.886. The molecule has 0 saturated carbocycles. The Morgan fingerprint density at radius 1 is 1.11 bits per heavy atom. The van der Waals surface area contributed by atoms with Gasteiger partial charge in [0, 0.05) is 13.1 Å². The number of hydrogen-bond acceptors (Lipinski definition) is 6. The van der Waals surface area contributed by atoms with Crippen LogP contribution in [-0.4, -0.2) is 45.4 Å². The molecule has 9 heteroatoms. The number of rotatable bonds is 11. The predicted molar refractivity (Wildman–Crippen MR) is 135 cm³/mol. The highest BCUT2D eigenvalue weighted by Gasteiger charge is 2.34. The zero-order chi connectivity index (χ0) is 25.5. The van der Waals surface area contributed by atoms with E-state index >= 15 is 0 Å². The van der Waals surface area contributed by atoms with Crippen LogP contribution in [0.5, 0.6) is 5.75 Å². The number of para-hydroxylation sites is 1. The number of nitrogens with one attached hydrogen (secondary N) is 1. The number of aromatic nitrogens is 3. The molecule has 2 aromatic carbocycles. The highest BCUT2D eigenvalue weighted by molar-refractivity contribution is 5.88. The van der Waals surface area contributed by atoms with Gasteiger partial charge in [-0.2, -0.15) is 0 Å². The van der Waals surface area contributed by atoms with Crippen LogP contribution in [0.15, 0.2) is 71.3 Å². The number of carbonyl (C=O) groups excluding carboxylic acids is 2. The third-order valence-electron chi connectivity index (χ3n) is 5.91. The molecule has 0 aliphatic carbocycles. The first-order valence-corrected chi connectivity index (χ1v) is 12.0. The van der Waals surface area contributed by atoms with Crippen molar-refractivity contribution in [2.24, 2.45) is 5.92 Å². The van der Waals surface area contributed by atoms with Gasteiger partial charge in [-0.3, -0.25) is 9.59 Å². The summed E-state index contributed by atoms with van der Waals surface area (Å²) in [5.41, 5.74) is 2.25. The van der Waals surface area contributed by atoms with E-state index in [0.29, 0.717) is 29.5 Å². The second kappa shape index (κ2) is 11.5. The first kappa shape index (κ1) is 25.0. The van der Waals surface area contributed by atoms with E-state index in [1.807, 2.05) is 48.5 Å². The lowest BCUT2D eigenvalue weighted by molar-refractivity contribution is -0.143. The van der Waals surface area contributed by atoms with Crippen LogP contribution < -0.4 is 10.1 Å². The average Bonchev–Trinajstić information content (AvgIpc) is 3.54. The van der Waals surface area contributed by atoms with Gasteiger partial charge >= 0.3 is 0 Å². The topological polar surface area (TPSA) is 102 Å². The van der Waals surface area contributed by atoms with Crippen LogP contribution in [0.3, 0.4) is 0 Å². The lowest BCUT2D eigenvalue weighted by Gasteiger charge is -2.30. The quantitative estimate of drug-likeness (QED) is 0.342. The number of hydrogen-bond donors (Lipinski definition) is 1. The summed E-state index contributed by atoms with van der Waals surface area (Å²) in [7, 11) is 1.59. The number of nitrogens with zero attached hydrogens (tertiary/aromatic N) is 4. The van der Waals surface area contributed by atoms with Crippen LogP contribution in [0.4, 0.5) is 0 Å². The van der Waals surface area contributed by atoms with Gasteiger partial charge in [-0.05, 0) is 54.3 Å². The van der Waals surface area contributed by atoms with Crippen molar-refractivity contribution in [2.45, 2.75) is 39.4 Å². The third-order valence-corrected chi connectivity index (χ3v) is 5.91. The Morgan fingerprint density at radius 2 is 1.94 bits per heavy atom. The number of benzene rings is 2. The number of methoxy groups -OCH3 is 1. The molecule has 36 heavy (non-hydrogen) atoms. The normalized spacial score (nSPS) is 12.0. The molecule has 0 fully saturated rings. The van der Waals surface area contributed by atoms with Crippen LogP contribution >= 0.6 is 0 Å². The van der Waals surface area contributed by atoms with Crippen LogP contribution in [-0.2, 0) is 22.7 Å². The maximum atomic E-state index is 13.8. The lowest BCUT2D eigenvalue weighted by Crippen LogP contribution is -2.44. The summed E-state index contributed by atoms with van der Waals surface area (Å²) >= 11 is 0. The summed E-state index contributed by atoms with van der Waals surface area (Å²) in [6, 6.07) is 17.3. The summed E-state index contributed by atoms with van der Waals surface area (Å²) in [6.07, 6.45) is 2.33. The van der Waals surface area contributed by atoms with Crippen LogP contribution in [0, 0.1) is 5.92 Å². The number of amides is 2. The van der Waals surface area contributed by atoms with E-state index in [2.05, 4.69) is 29.5 Å². The van der Waals surface area contributed by atoms with Crippen molar-refractivity contribution >= 4 is 22.8 Å². The van der Waals surface area contributed by atoms with E-state index in [1.165, 1.54) is 11.2 Å². The molecule has 1 atom stereocenters. The van der Waals surface area contributed by atoms with E-state index in [4.69, 9.17) is 9.15 Å². The van der Waals surface area contributed by atoms with E-state index < -0.39 is 6.04 Å². The van der Waals surface area contributed by atoms with Gasteiger partial charge in [0.1, 0.15) is 23.6 Å². The fourth-order valence-electron chi connectivity index (χ4n) is 4.00. The fourth-order valence-corrected chi connectivity index (χ4v) is 4.00. The molecule has 0 bridgehead atoms. The van der Waals surface area contributed by atoms with Crippen molar-refractivity contribution in [2.75, 3.05) is 13.7 Å². The third kappa shape index (κ3) is 5.91. The Bertz CT molecular complexity index is 1300. The largest absolute Gasteiger partial charge is 0.497 e. The van der Waals surface area contributed by atoms with Gasteiger partial charge in [-0.25, -0.2) is 4.68 Å². The molecule has 0 aliphatic heterocycles. The molecule has 0 saturated heterocycles. The monoisotopic (exact) mass is 489 g/mol. The van der Waals surface area contributed by atoms with Crippen molar-refractivity contribution in [1.82, 2.24) is 25.2 Å². The Labute approximate surface area is 210 Å². The molecule has 0 spiro atoms. The van der Waals surface area contributed by atoms with Crippen molar-refractivity contribution in [3.05, 3.63) is 78.3 Å². The molecule has 2 aromatic heterocycles. The SMILES string of the molecule is COc1cccc(CN(C(=O)Cn2nnc3ccccc32)[C@@H](C(=O)NCCC(C)C)c2ccco2)c1. The minimum atomic E-state index is -0.958. The number of fused-ring (bicyclic) bond motifs is 1. The first-order chi connectivity index (χ1) is 17.5. The van der Waals surface area contributed by atoms with E-state index in [0.717, 1.165) is 17.5 Å². The molecule has 1 N–H and O–H groups in total. The maximum Gasteiger partial charge on any atom is 0.250 e. The van der Waals surface area contributed by atoms with Crippen LogP contribution in [0.2, 0.25) is 0 Å². The smallest absolute Gasteiger partial charge is 0.250 e. The van der Waals surface area contributed by atoms with Crippen LogP contribution in [0.25, 0.3) is 11.0 Å². The minimum absolute atomic E-state index is 0.0824. The second-order valence-corrected chi connectivity index (χ2v) is 9.00. The van der Waals surface area contributed by atoms with Crippen molar-refractivity contribution in [1.29, 1.82) is 0 Å². The lowest BCUT2D eigenvalue weighted by atomic mass is 10.1. The summed E-state index contributed by atoms with van der Waals surface area (Å²) < 4.78 is 12.6. The molecular formula is C27H31N5O4. The molecule has 0 aliphatic rings. The second-order valence-electron chi connectivity index (χ2n) is 9.00. The van der Waals surface area contributed by atoms with Gasteiger partial charge in [0.15, 0.2) is 6.04 Å². The van der Waals surface area contributed by atoms with Gasteiger partial charge in [-0.15, -0.1) is 5.10 Å². The highest BCUT2D eigenvalue weighted by Crippen LogP contribution is 2.26. The fraction of sp³-hybridized carbons (Fsp3) is 0.333. The Morgan fingerprint density at radius 3 is 2.69 bits per heavy atom. The molecule has 9 nitrogen and oxygen atoms in total. The zero-order valence-corrected chi connectivity index (χ0v) is 20.8. The van der Waals surface area contributed by atoms with Gasteiger partial charge in [0.05, 0.1) is 18.9 Å². The highest BCUT2D eigenvalue weighted by atomic mass is 16.5. The average molecular weight is 490 g/mol. The van der Waals surface area contributed by atoms with E-state index in [9.17, 15) is 9.59 Å². The summed E-state index contributed by atoms with van der Waals surface area (Å²) in [6.45, 7) is 4.78. The number of carbonyl (C=O) groups is 2. The van der Waals surface area contributed by atoms with Crippen LogP contribution in [0.1, 0.15) is 37.6 Å². The Balaban J connectivity index is 1.68. The van der Waals surface area contributed by atoms with Crippen molar-refractivity contribution < 1.29 is 18.7 Å². The maximum absolute atomic E-state index is 13.8. The van der Waals surface area contributed by atoms with Crippen molar-refractivity contribution in [3.63, 3.8) is 0 Å². The molecule has 188 valence electrons. The molecule has 4 rings (SSSR count). The molecule has 0 unspecified atom stereocenters. The van der Waals surface area contributed by atoms with E-state index in [1.54, 1.807) is 23.9 Å². The molecular weight excluding hydrogens is 458 g/mol.